The second kappa shape index (κ2) is 5.50. The van der Waals surface area contributed by atoms with E-state index in [0.29, 0.717) is 5.56 Å². The summed E-state index contributed by atoms with van der Waals surface area (Å²) in [7, 11) is 0. The highest BCUT2D eigenvalue weighted by molar-refractivity contribution is 5.36. The van der Waals surface area contributed by atoms with Crippen LogP contribution in [-0.2, 0) is 0 Å². The number of hydrogen-bond donors (Lipinski definition) is 1. The van der Waals surface area contributed by atoms with Gasteiger partial charge in [0.05, 0.1) is 17.9 Å². The Morgan fingerprint density at radius 1 is 1.14 bits per heavy atom. The van der Waals surface area contributed by atoms with Gasteiger partial charge >= 0.3 is 0 Å². The van der Waals surface area contributed by atoms with Gasteiger partial charge in [0.1, 0.15) is 5.82 Å². The van der Waals surface area contributed by atoms with Crippen LogP contribution in [0.4, 0.5) is 4.39 Å². The van der Waals surface area contributed by atoms with E-state index in [9.17, 15) is 4.39 Å². The molecule has 4 heteroatoms. The average Bonchev–Trinajstić information content (AvgIpc) is 3.00. The van der Waals surface area contributed by atoms with E-state index >= 15 is 0 Å². The van der Waals surface area contributed by atoms with Crippen molar-refractivity contribution in [2.24, 2.45) is 5.73 Å². The Balaban J connectivity index is 1.94. The molecule has 1 atom stereocenters. The minimum atomic E-state index is -0.526. The number of halogens is 1. The van der Waals surface area contributed by atoms with Crippen molar-refractivity contribution >= 4 is 0 Å². The number of aromatic nitrogens is 2. The molecule has 0 radical (unpaired) electrons. The van der Waals surface area contributed by atoms with E-state index in [4.69, 9.17) is 5.73 Å². The molecule has 3 nitrogen and oxygen atoms in total. The van der Waals surface area contributed by atoms with Gasteiger partial charge in [-0.05, 0) is 25.1 Å². The van der Waals surface area contributed by atoms with E-state index in [1.807, 2.05) is 43.5 Å². The summed E-state index contributed by atoms with van der Waals surface area (Å²) in [6, 6.07) is 14.2. The summed E-state index contributed by atoms with van der Waals surface area (Å²) in [6.07, 6.45) is 3.52. The van der Waals surface area contributed by atoms with Crippen molar-refractivity contribution in [1.29, 1.82) is 0 Å². The Bertz CT molecular complexity index is 750. The first-order valence-corrected chi connectivity index (χ1v) is 6.77. The smallest absolute Gasteiger partial charge is 0.128 e. The highest BCUT2D eigenvalue weighted by Gasteiger charge is 2.15. The summed E-state index contributed by atoms with van der Waals surface area (Å²) in [6.45, 7) is 1.92. The number of benzene rings is 2. The molecule has 2 N–H and O–H groups in total. The molecular formula is C17H16FN3. The molecule has 0 fully saturated rings. The third-order valence-corrected chi connectivity index (χ3v) is 3.47. The van der Waals surface area contributed by atoms with Gasteiger partial charge in [-0.3, -0.25) is 0 Å². The van der Waals surface area contributed by atoms with E-state index in [2.05, 4.69) is 5.10 Å². The molecule has 3 rings (SSSR count). The number of nitrogens with two attached hydrogens (primary N) is 1. The Labute approximate surface area is 122 Å². The molecule has 0 spiro atoms. The van der Waals surface area contributed by atoms with E-state index < -0.39 is 6.04 Å². The molecule has 0 aliphatic rings. The molecule has 3 aromatic rings. The third kappa shape index (κ3) is 2.71. The second-order valence-electron chi connectivity index (χ2n) is 5.06. The maximum atomic E-state index is 13.9. The number of para-hydroxylation sites is 1. The summed E-state index contributed by atoms with van der Waals surface area (Å²) in [5, 5.41) is 4.30. The predicted molar refractivity (Wildman–Crippen MR) is 80.7 cm³/mol. The van der Waals surface area contributed by atoms with Crippen LogP contribution in [0, 0.1) is 12.7 Å². The maximum Gasteiger partial charge on any atom is 0.128 e. The van der Waals surface area contributed by atoms with E-state index in [0.717, 1.165) is 16.8 Å². The molecule has 1 aromatic heterocycles. The largest absolute Gasteiger partial charge is 0.320 e. The minimum Gasteiger partial charge on any atom is -0.320 e. The maximum absolute atomic E-state index is 13.9. The zero-order valence-corrected chi connectivity index (χ0v) is 11.7. The number of aryl methyl sites for hydroxylation is 1. The summed E-state index contributed by atoms with van der Waals surface area (Å²) in [5.74, 6) is -0.291. The summed E-state index contributed by atoms with van der Waals surface area (Å²) < 4.78 is 15.7. The van der Waals surface area contributed by atoms with Gasteiger partial charge in [-0.1, -0.05) is 35.9 Å². The second-order valence-corrected chi connectivity index (χ2v) is 5.06. The Morgan fingerprint density at radius 2 is 1.90 bits per heavy atom. The van der Waals surface area contributed by atoms with Gasteiger partial charge in [0.2, 0.25) is 0 Å². The highest BCUT2D eigenvalue weighted by Crippen LogP contribution is 2.23. The topological polar surface area (TPSA) is 43.8 Å². The molecule has 0 amide bonds. The average molecular weight is 281 g/mol. The van der Waals surface area contributed by atoms with Crippen molar-refractivity contribution < 1.29 is 4.39 Å². The van der Waals surface area contributed by atoms with Gasteiger partial charge in [0.25, 0.3) is 0 Å². The number of rotatable bonds is 3. The first kappa shape index (κ1) is 13.5. The third-order valence-electron chi connectivity index (χ3n) is 3.47. The van der Waals surface area contributed by atoms with E-state index in [1.165, 1.54) is 6.07 Å². The van der Waals surface area contributed by atoms with Crippen molar-refractivity contribution in [2.45, 2.75) is 13.0 Å². The molecule has 0 aliphatic carbocycles. The lowest BCUT2D eigenvalue weighted by atomic mass is 10.0. The first-order chi connectivity index (χ1) is 10.1. The molecule has 1 heterocycles. The van der Waals surface area contributed by atoms with Crippen LogP contribution in [0.15, 0.2) is 60.9 Å². The van der Waals surface area contributed by atoms with Gasteiger partial charge in [-0.2, -0.15) is 5.10 Å². The molecule has 2 aromatic carbocycles. The van der Waals surface area contributed by atoms with Crippen LogP contribution in [0.2, 0.25) is 0 Å². The van der Waals surface area contributed by atoms with Gasteiger partial charge in [0.15, 0.2) is 0 Å². The molecule has 0 saturated heterocycles. The van der Waals surface area contributed by atoms with Crippen LogP contribution >= 0.6 is 0 Å². The molecule has 0 saturated carbocycles. The standard InChI is InChI=1S/C17H16FN3/c1-12-7-8-16(18)15(9-12)17(19)13-10-20-21(11-13)14-5-3-2-4-6-14/h2-11,17H,19H2,1H3. The van der Waals surface area contributed by atoms with Gasteiger partial charge in [-0.15, -0.1) is 0 Å². The van der Waals surface area contributed by atoms with Crippen LogP contribution in [0.3, 0.4) is 0 Å². The Kier molecular flexibility index (Phi) is 3.54. The van der Waals surface area contributed by atoms with E-state index in [-0.39, 0.29) is 5.82 Å². The molecule has 21 heavy (non-hydrogen) atoms. The van der Waals surface area contributed by atoms with Crippen LogP contribution in [0.5, 0.6) is 0 Å². The molecule has 1 unspecified atom stereocenters. The van der Waals surface area contributed by atoms with Crippen molar-refractivity contribution in [3.05, 3.63) is 83.4 Å². The van der Waals surface area contributed by atoms with Gasteiger partial charge in [0, 0.05) is 17.3 Å². The lowest BCUT2D eigenvalue weighted by molar-refractivity contribution is 0.599. The Morgan fingerprint density at radius 3 is 2.67 bits per heavy atom. The SMILES string of the molecule is Cc1ccc(F)c(C(N)c2cnn(-c3ccccc3)c2)c1. The van der Waals surface area contributed by atoms with Crippen molar-refractivity contribution in [3.8, 4) is 5.69 Å². The van der Waals surface area contributed by atoms with Crippen LogP contribution in [-0.4, -0.2) is 9.78 Å². The quantitative estimate of drug-likeness (QED) is 0.800. The highest BCUT2D eigenvalue weighted by atomic mass is 19.1. The van der Waals surface area contributed by atoms with Crippen LogP contribution in [0.25, 0.3) is 5.69 Å². The number of nitrogens with zero attached hydrogens (tertiary/aromatic N) is 2. The minimum absolute atomic E-state index is 0.291. The fourth-order valence-electron chi connectivity index (χ4n) is 2.30. The fraction of sp³-hybridized carbons (Fsp3) is 0.118. The van der Waals surface area contributed by atoms with Gasteiger partial charge < -0.3 is 5.73 Å². The van der Waals surface area contributed by atoms with Crippen molar-refractivity contribution in [1.82, 2.24) is 9.78 Å². The molecular weight excluding hydrogens is 265 g/mol. The predicted octanol–water partition coefficient (Wildman–Crippen LogP) is 3.37. The van der Waals surface area contributed by atoms with Crippen LogP contribution in [0.1, 0.15) is 22.7 Å². The van der Waals surface area contributed by atoms with Crippen LogP contribution < -0.4 is 5.73 Å². The lowest BCUT2D eigenvalue weighted by Gasteiger charge is -2.11. The molecule has 0 aliphatic heterocycles. The van der Waals surface area contributed by atoms with Crippen molar-refractivity contribution in [3.63, 3.8) is 0 Å². The molecule has 106 valence electrons. The monoisotopic (exact) mass is 281 g/mol. The summed E-state index contributed by atoms with van der Waals surface area (Å²) >= 11 is 0. The zero-order valence-electron chi connectivity index (χ0n) is 11.7. The number of hydrogen-bond acceptors (Lipinski definition) is 2. The molecule has 0 bridgehead atoms. The fourth-order valence-corrected chi connectivity index (χ4v) is 2.30. The zero-order chi connectivity index (χ0) is 14.8. The summed E-state index contributed by atoms with van der Waals surface area (Å²) in [5.41, 5.74) is 9.38. The lowest BCUT2D eigenvalue weighted by Crippen LogP contribution is -2.13. The van der Waals surface area contributed by atoms with E-state index in [1.54, 1.807) is 23.0 Å². The van der Waals surface area contributed by atoms with Gasteiger partial charge in [-0.25, -0.2) is 9.07 Å². The van der Waals surface area contributed by atoms with Crippen molar-refractivity contribution in [2.75, 3.05) is 0 Å². The normalized spacial score (nSPS) is 12.3. The Hall–Kier alpha value is -2.46. The summed E-state index contributed by atoms with van der Waals surface area (Å²) in [4.78, 5) is 0. The first-order valence-electron chi connectivity index (χ1n) is 6.77.